The number of carbonyl (C=O) groups excluding carboxylic acids is 3. The van der Waals surface area contributed by atoms with Gasteiger partial charge < -0.3 is 26.0 Å². The molecule has 1 aliphatic rings. The van der Waals surface area contributed by atoms with E-state index in [1.165, 1.54) is 6.92 Å². The van der Waals surface area contributed by atoms with Gasteiger partial charge in [0.05, 0.1) is 6.10 Å². The molecule has 1 aromatic carbocycles. The molecule has 1 aliphatic heterocycles. The summed E-state index contributed by atoms with van der Waals surface area (Å²) in [5.74, 6) is -1.32. The van der Waals surface area contributed by atoms with Gasteiger partial charge in [0, 0.05) is 23.5 Å². The largest absolute Gasteiger partial charge is 0.391 e. The maximum Gasteiger partial charge on any atom is 0.245 e. The van der Waals surface area contributed by atoms with Gasteiger partial charge in [-0.15, -0.1) is 0 Å². The van der Waals surface area contributed by atoms with Crippen molar-refractivity contribution >= 4 is 28.6 Å². The summed E-state index contributed by atoms with van der Waals surface area (Å²) in [5, 5.41) is 19.0. The zero-order valence-corrected chi connectivity index (χ0v) is 16.9. The van der Waals surface area contributed by atoms with Gasteiger partial charge >= 0.3 is 0 Å². The smallest absolute Gasteiger partial charge is 0.245 e. The van der Waals surface area contributed by atoms with Gasteiger partial charge in [-0.05, 0) is 30.9 Å². The van der Waals surface area contributed by atoms with Crippen molar-refractivity contribution in [2.75, 3.05) is 0 Å². The Morgan fingerprint density at radius 2 is 1.59 bits per heavy atom. The second-order valence-corrected chi connectivity index (χ2v) is 8.04. The molecule has 2 heterocycles. The number of aromatic nitrogens is 1. The van der Waals surface area contributed by atoms with Crippen LogP contribution < -0.4 is 16.0 Å². The summed E-state index contributed by atoms with van der Waals surface area (Å²) in [4.78, 5) is 41.5. The van der Waals surface area contributed by atoms with Crippen LogP contribution >= 0.6 is 0 Å². The first-order chi connectivity index (χ1) is 13.8. The number of amides is 3. The molecule has 0 bridgehead atoms. The summed E-state index contributed by atoms with van der Waals surface area (Å²) in [6.45, 7) is 5.33. The number of carbonyl (C=O) groups is 3. The molecule has 1 aromatic heterocycles. The molecule has 0 spiro atoms. The van der Waals surface area contributed by atoms with Gasteiger partial charge in [0.1, 0.15) is 18.1 Å². The molecular formula is C21H28N4O4. The lowest BCUT2D eigenvalue weighted by Gasteiger charge is -2.22. The van der Waals surface area contributed by atoms with Gasteiger partial charge in [-0.3, -0.25) is 14.4 Å². The number of rotatable bonds is 5. The number of aliphatic hydroxyl groups is 1. The fourth-order valence-corrected chi connectivity index (χ4v) is 3.63. The molecule has 0 radical (unpaired) electrons. The molecule has 156 valence electrons. The van der Waals surface area contributed by atoms with Gasteiger partial charge in [0.15, 0.2) is 0 Å². The molecule has 8 heteroatoms. The molecule has 0 aliphatic carbocycles. The molecule has 29 heavy (non-hydrogen) atoms. The molecule has 1 saturated heterocycles. The zero-order valence-electron chi connectivity index (χ0n) is 16.9. The fourth-order valence-electron chi connectivity index (χ4n) is 3.63. The Balaban J connectivity index is 1.91. The Labute approximate surface area is 169 Å². The number of aromatic amines is 1. The number of aliphatic hydroxyl groups excluding tert-OH is 1. The average Bonchev–Trinajstić information content (AvgIpc) is 3.07. The number of hydrogen-bond acceptors (Lipinski definition) is 4. The topological polar surface area (TPSA) is 123 Å². The summed E-state index contributed by atoms with van der Waals surface area (Å²) in [7, 11) is 0. The molecule has 8 nitrogen and oxygen atoms in total. The lowest BCUT2D eigenvalue weighted by molar-refractivity contribution is -0.132. The van der Waals surface area contributed by atoms with Crippen LogP contribution in [0.4, 0.5) is 0 Å². The number of benzene rings is 1. The maximum atomic E-state index is 12.9. The highest BCUT2D eigenvalue weighted by Crippen LogP contribution is 2.20. The zero-order chi connectivity index (χ0) is 21.1. The first kappa shape index (κ1) is 20.9. The van der Waals surface area contributed by atoms with Crippen molar-refractivity contribution in [2.45, 2.75) is 57.8 Å². The van der Waals surface area contributed by atoms with Crippen LogP contribution in [0, 0.1) is 5.92 Å². The van der Waals surface area contributed by atoms with Crippen molar-refractivity contribution in [3.63, 3.8) is 0 Å². The van der Waals surface area contributed by atoms with E-state index in [0.29, 0.717) is 6.42 Å². The number of H-pyrrole nitrogens is 1. The molecule has 4 atom stereocenters. The Kier molecular flexibility index (Phi) is 6.22. The van der Waals surface area contributed by atoms with E-state index in [4.69, 9.17) is 0 Å². The SMILES string of the molecule is CC(C)C[C@@H]1NC(=O)[C@H]([C@@H](C)O)NC(=O)[C@H](Cc2c[nH]c3ccccc23)NC1=O. The van der Waals surface area contributed by atoms with Crippen molar-refractivity contribution < 1.29 is 19.5 Å². The Morgan fingerprint density at radius 1 is 0.931 bits per heavy atom. The van der Waals surface area contributed by atoms with E-state index < -0.39 is 42.0 Å². The molecule has 1 fully saturated rings. The van der Waals surface area contributed by atoms with Gasteiger partial charge in [-0.1, -0.05) is 32.0 Å². The predicted octanol–water partition coefficient (Wildman–Crippen LogP) is 0.605. The van der Waals surface area contributed by atoms with Crippen molar-refractivity contribution in [3.05, 3.63) is 36.0 Å². The lowest BCUT2D eigenvalue weighted by atomic mass is 10.0. The number of para-hydroxylation sites is 1. The van der Waals surface area contributed by atoms with Crippen LogP contribution in [-0.2, 0) is 20.8 Å². The van der Waals surface area contributed by atoms with Crippen LogP contribution in [0.1, 0.15) is 32.8 Å². The monoisotopic (exact) mass is 400 g/mol. The second kappa shape index (κ2) is 8.65. The van der Waals surface area contributed by atoms with E-state index in [0.717, 1.165) is 16.5 Å². The number of fused-ring (bicyclic) bond motifs is 1. The van der Waals surface area contributed by atoms with Crippen LogP contribution in [0.15, 0.2) is 30.5 Å². The van der Waals surface area contributed by atoms with Gasteiger partial charge in [-0.25, -0.2) is 0 Å². The maximum absolute atomic E-state index is 12.9. The van der Waals surface area contributed by atoms with E-state index in [1.807, 2.05) is 44.3 Å². The standard InChI is InChI=1S/C21H28N4O4/c1-11(2)8-16-19(27)23-17(20(28)25-18(12(3)26)21(29)24-16)9-13-10-22-15-7-5-4-6-14(13)15/h4-7,10-12,16-18,22,26H,8-9H2,1-3H3,(H,23,27)(H,24,29)(H,25,28)/t12-,16+,17+,18+/m1/s1. The third-order valence-electron chi connectivity index (χ3n) is 5.13. The second-order valence-electron chi connectivity index (χ2n) is 8.04. The highest BCUT2D eigenvalue weighted by Gasteiger charge is 2.36. The minimum Gasteiger partial charge on any atom is -0.391 e. The first-order valence-electron chi connectivity index (χ1n) is 9.90. The summed E-state index contributed by atoms with van der Waals surface area (Å²) in [6, 6.07) is 4.93. The third kappa shape index (κ3) is 4.76. The van der Waals surface area contributed by atoms with E-state index in [9.17, 15) is 19.5 Å². The molecule has 3 amide bonds. The quantitative estimate of drug-likeness (QED) is 0.504. The van der Waals surface area contributed by atoms with Crippen molar-refractivity contribution in [3.8, 4) is 0 Å². The van der Waals surface area contributed by atoms with Crippen molar-refractivity contribution in [1.29, 1.82) is 0 Å². The predicted molar refractivity (Wildman–Crippen MR) is 109 cm³/mol. The third-order valence-corrected chi connectivity index (χ3v) is 5.13. The summed E-state index contributed by atoms with van der Waals surface area (Å²) >= 11 is 0. The molecular weight excluding hydrogens is 372 g/mol. The molecule has 5 N–H and O–H groups in total. The highest BCUT2D eigenvalue weighted by molar-refractivity contribution is 5.98. The Hall–Kier alpha value is -2.87. The van der Waals surface area contributed by atoms with E-state index >= 15 is 0 Å². The van der Waals surface area contributed by atoms with Crippen LogP contribution in [-0.4, -0.2) is 52.0 Å². The number of nitrogens with one attached hydrogen (secondary N) is 4. The Bertz CT molecular complexity index is 905. The average molecular weight is 400 g/mol. The van der Waals surface area contributed by atoms with Crippen molar-refractivity contribution in [2.24, 2.45) is 5.92 Å². The molecule has 0 unspecified atom stereocenters. The normalized spacial score (nSPS) is 24.3. The van der Waals surface area contributed by atoms with Gasteiger partial charge in [-0.2, -0.15) is 0 Å². The van der Waals surface area contributed by atoms with Gasteiger partial charge in [0.25, 0.3) is 0 Å². The Morgan fingerprint density at radius 3 is 2.28 bits per heavy atom. The van der Waals surface area contributed by atoms with Crippen LogP contribution in [0.25, 0.3) is 10.9 Å². The van der Waals surface area contributed by atoms with Crippen LogP contribution in [0.3, 0.4) is 0 Å². The summed E-state index contributed by atoms with van der Waals surface area (Å²) in [6.07, 6.45) is 1.41. The molecule has 3 rings (SSSR count). The van der Waals surface area contributed by atoms with E-state index in [-0.39, 0.29) is 12.3 Å². The van der Waals surface area contributed by atoms with Crippen molar-refractivity contribution in [1.82, 2.24) is 20.9 Å². The summed E-state index contributed by atoms with van der Waals surface area (Å²) < 4.78 is 0. The first-order valence-corrected chi connectivity index (χ1v) is 9.90. The van der Waals surface area contributed by atoms with E-state index in [1.54, 1.807) is 0 Å². The summed E-state index contributed by atoms with van der Waals surface area (Å²) in [5.41, 5.74) is 1.82. The number of hydrogen-bond donors (Lipinski definition) is 5. The minimum absolute atomic E-state index is 0.160. The fraction of sp³-hybridized carbons (Fsp3) is 0.476. The van der Waals surface area contributed by atoms with Gasteiger partial charge in [0.2, 0.25) is 17.7 Å². The van der Waals surface area contributed by atoms with E-state index in [2.05, 4.69) is 20.9 Å². The molecule has 0 saturated carbocycles. The van der Waals surface area contributed by atoms with Crippen LogP contribution in [0.2, 0.25) is 0 Å². The highest BCUT2D eigenvalue weighted by atomic mass is 16.3. The van der Waals surface area contributed by atoms with Crippen LogP contribution in [0.5, 0.6) is 0 Å². The lowest BCUT2D eigenvalue weighted by Crippen LogP contribution is -2.55. The minimum atomic E-state index is -1.13. The molecule has 2 aromatic rings.